The van der Waals surface area contributed by atoms with Gasteiger partial charge in [0.05, 0.1) is 31.6 Å². The minimum absolute atomic E-state index is 0.292. The quantitative estimate of drug-likeness (QED) is 0.814. The van der Waals surface area contributed by atoms with Gasteiger partial charge in [-0.25, -0.2) is 4.79 Å². The molecule has 0 atom stereocenters. The normalized spacial score (nSPS) is 12.7. The fourth-order valence-corrected chi connectivity index (χ4v) is 2.61. The Balaban J connectivity index is 1.60. The number of fused-ring (bicyclic) bond motifs is 1. The molecule has 0 bridgehead atoms. The minimum atomic E-state index is -0.614. The lowest BCUT2D eigenvalue weighted by molar-refractivity contribution is -0.119. The Labute approximate surface area is 157 Å². The second-order valence-corrected chi connectivity index (χ2v) is 6.04. The molecule has 0 aromatic heterocycles. The second kappa shape index (κ2) is 8.44. The Bertz CT molecular complexity index is 848. The number of carbonyl (C=O) groups excluding carboxylic acids is 2. The highest BCUT2D eigenvalue weighted by atomic mass is 16.5. The van der Waals surface area contributed by atoms with Crippen molar-refractivity contribution in [2.45, 2.75) is 13.3 Å². The molecule has 1 heterocycles. The average molecular weight is 371 g/mol. The Hall–Kier alpha value is -3.22. The zero-order valence-corrected chi connectivity index (χ0v) is 15.2. The predicted octanol–water partition coefficient (Wildman–Crippen LogP) is 2.96. The average Bonchev–Trinajstić information content (AvgIpc) is 2.91. The van der Waals surface area contributed by atoms with Crippen LogP contribution in [0, 0.1) is 6.92 Å². The van der Waals surface area contributed by atoms with Crippen molar-refractivity contribution in [2.24, 2.45) is 0 Å². The molecule has 27 heavy (non-hydrogen) atoms. The fourth-order valence-electron chi connectivity index (χ4n) is 2.61. The molecule has 0 radical (unpaired) electrons. The van der Waals surface area contributed by atoms with Gasteiger partial charge in [0.1, 0.15) is 5.75 Å². The number of aryl methyl sites for hydroxylation is 1. The number of ether oxygens (including phenoxy) is 4. The molecular formula is C20H21NO6. The van der Waals surface area contributed by atoms with Crippen molar-refractivity contribution in [3.63, 3.8) is 0 Å². The lowest BCUT2D eigenvalue weighted by Gasteiger charge is -2.12. The van der Waals surface area contributed by atoms with Gasteiger partial charge in [-0.15, -0.1) is 0 Å². The van der Waals surface area contributed by atoms with Crippen molar-refractivity contribution in [2.75, 3.05) is 32.2 Å². The number of hydrogen-bond donors (Lipinski definition) is 1. The highest BCUT2D eigenvalue weighted by Gasteiger charge is 2.16. The maximum Gasteiger partial charge on any atom is 0.338 e. The van der Waals surface area contributed by atoms with Crippen molar-refractivity contribution in [1.82, 2.24) is 0 Å². The van der Waals surface area contributed by atoms with Crippen LogP contribution in [-0.2, 0) is 9.53 Å². The van der Waals surface area contributed by atoms with Crippen molar-refractivity contribution < 1.29 is 28.5 Å². The lowest BCUT2D eigenvalue weighted by atomic mass is 10.2. The molecule has 1 aliphatic heterocycles. The van der Waals surface area contributed by atoms with E-state index in [1.807, 2.05) is 13.0 Å². The number of esters is 1. The first kappa shape index (κ1) is 18.6. The molecule has 1 aliphatic rings. The smallest absolute Gasteiger partial charge is 0.338 e. The molecule has 0 saturated carbocycles. The van der Waals surface area contributed by atoms with E-state index < -0.39 is 18.5 Å². The highest BCUT2D eigenvalue weighted by molar-refractivity contribution is 5.96. The van der Waals surface area contributed by atoms with Crippen LogP contribution in [0.1, 0.15) is 22.3 Å². The maximum absolute atomic E-state index is 12.2. The van der Waals surface area contributed by atoms with Gasteiger partial charge in [0.15, 0.2) is 18.1 Å². The van der Waals surface area contributed by atoms with Crippen molar-refractivity contribution in [3.8, 4) is 17.2 Å². The van der Waals surface area contributed by atoms with Crippen LogP contribution >= 0.6 is 0 Å². The van der Waals surface area contributed by atoms with Gasteiger partial charge in [-0.05, 0) is 42.8 Å². The van der Waals surface area contributed by atoms with E-state index in [4.69, 9.17) is 18.9 Å². The summed E-state index contributed by atoms with van der Waals surface area (Å²) in [4.78, 5) is 24.3. The number of amides is 1. The van der Waals surface area contributed by atoms with Crippen LogP contribution in [0.4, 0.5) is 5.69 Å². The molecule has 7 nitrogen and oxygen atoms in total. The number of carbonyl (C=O) groups is 2. The van der Waals surface area contributed by atoms with E-state index in [1.165, 1.54) is 7.11 Å². The molecule has 142 valence electrons. The summed E-state index contributed by atoms with van der Waals surface area (Å²) in [5.74, 6) is 0.547. The third kappa shape index (κ3) is 4.69. The summed E-state index contributed by atoms with van der Waals surface area (Å²) >= 11 is 0. The van der Waals surface area contributed by atoms with Gasteiger partial charge in [0.25, 0.3) is 5.91 Å². The Morgan fingerprint density at radius 3 is 2.63 bits per heavy atom. The topological polar surface area (TPSA) is 83.1 Å². The van der Waals surface area contributed by atoms with Gasteiger partial charge in [0, 0.05) is 6.42 Å². The van der Waals surface area contributed by atoms with Crippen molar-refractivity contribution in [1.29, 1.82) is 0 Å². The van der Waals surface area contributed by atoms with Gasteiger partial charge in [-0.2, -0.15) is 0 Å². The second-order valence-electron chi connectivity index (χ2n) is 6.04. The Morgan fingerprint density at radius 1 is 1.07 bits per heavy atom. The van der Waals surface area contributed by atoms with Crippen LogP contribution in [0.5, 0.6) is 17.2 Å². The molecule has 0 fully saturated rings. The largest absolute Gasteiger partial charge is 0.495 e. The van der Waals surface area contributed by atoms with E-state index in [2.05, 4.69) is 5.32 Å². The number of anilines is 1. The standard InChI is InChI=1S/C20H21NO6/c1-13-4-6-16(24-2)15(10-13)21-19(22)12-27-20(23)14-5-7-17-18(11-14)26-9-3-8-25-17/h4-7,10-11H,3,8-9,12H2,1-2H3,(H,21,22). The molecule has 0 aliphatic carbocycles. The van der Waals surface area contributed by atoms with E-state index in [-0.39, 0.29) is 0 Å². The molecule has 3 rings (SSSR count). The van der Waals surface area contributed by atoms with Crippen LogP contribution in [-0.4, -0.2) is 38.8 Å². The van der Waals surface area contributed by atoms with Gasteiger partial charge in [-0.1, -0.05) is 6.07 Å². The number of hydrogen-bond acceptors (Lipinski definition) is 6. The van der Waals surface area contributed by atoms with Gasteiger partial charge in [0.2, 0.25) is 0 Å². The van der Waals surface area contributed by atoms with Gasteiger partial charge < -0.3 is 24.3 Å². The van der Waals surface area contributed by atoms with E-state index in [1.54, 1.807) is 30.3 Å². The van der Waals surface area contributed by atoms with Crippen LogP contribution in [0.25, 0.3) is 0 Å². The van der Waals surface area contributed by atoms with Crippen molar-refractivity contribution in [3.05, 3.63) is 47.5 Å². The molecule has 0 unspecified atom stereocenters. The summed E-state index contributed by atoms with van der Waals surface area (Å²) in [5.41, 5.74) is 1.78. The minimum Gasteiger partial charge on any atom is -0.495 e. The summed E-state index contributed by atoms with van der Waals surface area (Å²) in [7, 11) is 1.52. The first-order valence-corrected chi connectivity index (χ1v) is 8.58. The number of methoxy groups -OCH3 is 1. The van der Waals surface area contributed by atoms with Gasteiger partial charge >= 0.3 is 5.97 Å². The van der Waals surface area contributed by atoms with Crippen LogP contribution < -0.4 is 19.5 Å². The molecule has 2 aromatic rings. The molecular weight excluding hydrogens is 350 g/mol. The summed E-state index contributed by atoms with van der Waals surface area (Å²) in [5, 5.41) is 2.68. The monoisotopic (exact) mass is 371 g/mol. The van der Waals surface area contributed by atoms with E-state index in [0.29, 0.717) is 41.7 Å². The van der Waals surface area contributed by atoms with Crippen molar-refractivity contribution >= 4 is 17.6 Å². The molecule has 2 aromatic carbocycles. The summed E-state index contributed by atoms with van der Waals surface area (Å²) in [6.45, 7) is 2.58. The third-order valence-electron chi connectivity index (χ3n) is 3.95. The first-order chi connectivity index (χ1) is 13.1. The predicted molar refractivity (Wildman–Crippen MR) is 98.7 cm³/mol. The zero-order valence-electron chi connectivity index (χ0n) is 15.2. The summed E-state index contributed by atoms with van der Waals surface area (Å²) in [6.07, 6.45) is 0.775. The van der Waals surface area contributed by atoms with E-state index in [9.17, 15) is 9.59 Å². The maximum atomic E-state index is 12.2. The van der Waals surface area contributed by atoms with Gasteiger partial charge in [-0.3, -0.25) is 4.79 Å². The van der Waals surface area contributed by atoms with E-state index in [0.717, 1.165) is 12.0 Å². The first-order valence-electron chi connectivity index (χ1n) is 8.58. The number of nitrogens with one attached hydrogen (secondary N) is 1. The van der Waals surface area contributed by atoms with Crippen LogP contribution in [0.2, 0.25) is 0 Å². The summed E-state index contributed by atoms with van der Waals surface area (Å²) < 4.78 is 21.4. The number of rotatable bonds is 5. The summed E-state index contributed by atoms with van der Waals surface area (Å²) in [6, 6.07) is 10.2. The Morgan fingerprint density at radius 2 is 1.85 bits per heavy atom. The van der Waals surface area contributed by atoms with Crippen LogP contribution in [0.15, 0.2) is 36.4 Å². The number of benzene rings is 2. The highest BCUT2D eigenvalue weighted by Crippen LogP contribution is 2.30. The van der Waals surface area contributed by atoms with Crippen LogP contribution in [0.3, 0.4) is 0 Å². The SMILES string of the molecule is COc1ccc(C)cc1NC(=O)COC(=O)c1ccc2c(c1)OCCCO2. The zero-order chi connectivity index (χ0) is 19.2. The molecule has 1 N–H and O–H groups in total. The van der Waals surface area contributed by atoms with E-state index >= 15 is 0 Å². The molecule has 0 saturated heterocycles. The fraction of sp³-hybridized carbons (Fsp3) is 0.300. The Kier molecular flexibility index (Phi) is 5.80. The lowest BCUT2D eigenvalue weighted by Crippen LogP contribution is -2.21. The molecule has 0 spiro atoms. The molecule has 7 heteroatoms. The third-order valence-corrected chi connectivity index (χ3v) is 3.95. The molecule has 1 amide bonds.